The number of fused-ring (bicyclic) bond motifs is 1. The highest BCUT2D eigenvalue weighted by molar-refractivity contribution is 5.89. The highest BCUT2D eigenvalue weighted by atomic mass is 16.2. The van der Waals surface area contributed by atoms with Gasteiger partial charge in [0.05, 0.1) is 0 Å². The number of carbonyl (C=O) groups is 1. The number of benzene rings is 1. The van der Waals surface area contributed by atoms with Gasteiger partial charge >= 0.3 is 6.03 Å². The maximum absolute atomic E-state index is 12.3. The zero-order valence-corrected chi connectivity index (χ0v) is 13.8. The molecular formula is C19H27N3O. The molecule has 0 bridgehead atoms. The van der Waals surface area contributed by atoms with E-state index < -0.39 is 0 Å². The summed E-state index contributed by atoms with van der Waals surface area (Å²) in [5.41, 5.74) is 2.29. The van der Waals surface area contributed by atoms with Crippen LogP contribution in [-0.4, -0.2) is 36.1 Å². The van der Waals surface area contributed by atoms with Crippen LogP contribution in [0.25, 0.3) is 0 Å². The van der Waals surface area contributed by atoms with Crippen LogP contribution in [0.4, 0.5) is 10.5 Å². The van der Waals surface area contributed by atoms with Crippen molar-refractivity contribution in [1.29, 1.82) is 0 Å². The second kappa shape index (κ2) is 6.52. The van der Waals surface area contributed by atoms with E-state index in [9.17, 15) is 4.79 Å². The molecule has 1 aliphatic carbocycles. The zero-order valence-electron chi connectivity index (χ0n) is 13.8. The van der Waals surface area contributed by atoms with Crippen LogP contribution in [0.1, 0.15) is 56.4 Å². The van der Waals surface area contributed by atoms with Crippen LogP contribution >= 0.6 is 0 Å². The minimum atomic E-state index is -0.0489. The fourth-order valence-electron chi connectivity index (χ4n) is 4.32. The minimum Gasteiger partial charge on any atom is -0.335 e. The molecule has 2 heterocycles. The van der Waals surface area contributed by atoms with Gasteiger partial charge in [-0.05, 0) is 68.7 Å². The van der Waals surface area contributed by atoms with E-state index in [2.05, 4.69) is 33.7 Å². The van der Waals surface area contributed by atoms with Gasteiger partial charge in [0.25, 0.3) is 0 Å². The van der Waals surface area contributed by atoms with Gasteiger partial charge in [-0.3, -0.25) is 0 Å². The van der Waals surface area contributed by atoms with Crippen LogP contribution in [0.3, 0.4) is 0 Å². The lowest BCUT2D eigenvalue weighted by atomic mass is 9.80. The molecular weight excluding hydrogens is 286 g/mol. The Morgan fingerprint density at radius 1 is 1.09 bits per heavy atom. The molecule has 0 aromatic heterocycles. The number of rotatable bonds is 3. The SMILES string of the molecule is O=C(Nc1cccc(C2CCC2)c1)NC1CCN2CCCC2C1. The van der Waals surface area contributed by atoms with Crippen molar-refractivity contribution >= 4 is 11.7 Å². The molecule has 2 atom stereocenters. The Kier molecular flexibility index (Phi) is 4.25. The first-order chi connectivity index (χ1) is 11.3. The lowest BCUT2D eigenvalue weighted by molar-refractivity contribution is 0.168. The summed E-state index contributed by atoms with van der Waals surface area (Å²) in [6, 6.07) is 9.33. The third-order valence-electron chi connectivity index (χ3n) is 5.88. The van der Waals surface area contributed by atoms with E-state index in [0.29, 0.717) is 18.0 Å². The minimum absolute atomic E-state index is 0.0489. The summed E-state index contributed by atoms with van der Waals surface area (Å²) in [4.78, 5) is 14.9. The van der Waals surface area contributed by atoms with Gasteiger partial charge in [0.2, 0.25) is 0 Å². The molecule has 3 fully saturated rings. The molecule has 0 spiro atoms. The predicted octanol–water partition coefficient (Wildman–Crippen LogP) is 3.70. The average Bonchev–Trinajstić information content (AvgIpc) is 2.93. The topological polar surface area (TPSA) is 44.4 Å². The van der Waals surface area contributed by atoms with E-state index >= 15 is 0 Å². The van der Waals surface area contributed by atoms with Gasteiger partial charge in [0.15, 0.2) is 0 Å². The van der Waals surface area contributed by atoms with E-state index in [1.807, 2.05) is 6.07 Å². The van der Waals surface area contributed by atoms with E-state index in [4.69, 9.17) is 0 Å². The average molecular weight is 313 g/mol. The number of hydrogen-bond donors (Lipinski definition) is 2. The smallest absolute Gasteiger partial charge is 0.319 e. The summed E-state index contributed by atoms with van der Waals surface area (Å²) < 4.78 is 0. The van der Waals surface area contributed by atoms with Gasteiger partial charge in [-0.15, -0.1) is 0 Å². The summed E-state index contributed by atoms with van der Waals surface area (Å²) >= 11 is 0. The molecule has 4 rings (SSSR count). The molecule has 2 unspecified atom stereocenters. The van der Waals surface area contributed by atoms with Crippen molar-refractivity contribution in [3.05, 3.63) is 29.8 Å². The number of hydrogen-bond acceptors (Lipinski definition) is 2. The first-order valence-electron chi connectivity index (χ1n) is 9.19. The monoisotopic (exact) mass is 313 g/mol. The largest absolute Gasteiger partial charge is 0.335 e. The van der Waals surface area contributed by atoms with Crippen molar-refractivity contribution in [1.82, 2.24) is 10.2 Å². The number of amides is 2. The molecule has 3 aliphatic rings. The number of nitrogens with one attached hydrogen (secondary N) is 2. The first kappa shape index (κ1) is 15.0. The summed E-state index contributed by atoms with van der Waals surface area (Å²) in [5, 5.41) is 6.21. The number of piperidine rings is 1. The molecule has 2 amide bonds. The molecule has 2 N–H and O–H groups in total. The van der Waals surface area contributed by atoms with Crippen molar-refractivity contribution in [2.75, 3.05) is 18.4 Å². The van der Waals surface area contributed by atoms with E-state index in [1.165, 1.54) is 44.2 Å². The van der Waals surface area contributed by atoms with Crippen LogP contribution in [0.2, 0.25) is 0 Å². The Morgan fingerprint density at radius 3 is 2.83 bits per heavy atom. The fraction of sp³-hybridized carbons (Fsp3) is 0.632. The van der Waals surface area contributed by atoms with E-state index in [0.717, 1.165) is 25.1 Å². The van der Waals surface area contributed by atoms with Crippen LogP contribution in [-0.2, 0) is 0 Å². The molecule has 4 nitrogen and oxygen atoms in total. The number of carbonyl (C=O) groups excluding carboxylic acids is 1. The molecule has 0 radical (unpaired) electrons. The Morgan fingerprint density at radius 2 is 2.00 bits per heavy atom. The van der Waals surface area contributed by atoms with Gasteiger partial charge in [-0.25, -0.2) is 4.79 Å². The van der Waals surface area contributed by atoms with Gasteiger partial charge in [-0.1, -0.05) is 18.6 Å². The zero-order chi connectivity index (χ0) is 15.6. The molecule has 1 aromatic rings. The van der Waals surface area contributed by atoms with Crippen LogP contribution in [0.5, 0.6) is 0 Å². The summed E-state index contributed by atoms with van der Waals surface area (Å²) in [7, 11) is 0. The maximum atomic E-state index is 12.3. The van der Waals surface area contributed by atoms with Crippen molar-refractivity contribution in [3.8, 4) is 0 Å². The summed E-state index contributed by atoms with van der Waals surface area (Å²) in [5.74, 6) is 0.700. The highest BCUT2D eigenvalue weighted by Crippen LogP contribution is 2.37. The molecule has 1 saturated carbocycles. The van der Waals surface area contributed by atoms with Crippen molar-refractivity contribution < 1.29 is 4.79 Å². The Bertz CT molecular complexity index is 569. The van der Waals surface area contributed by atoms with E-state index in [1.54, 1.807) is 0 Å². The Hall–Kier alpha value is -1.55. The molecule has 4 heteroatoms. The summed E-state index contributed by atoms with van der Waals surface area (Å²) in [6.07, 6.45) is 8.70. The molecule has 2 saturated heterocycles. The lowest BCUT2D eigenvalue weighted by Crippen LogP contribution is -2.48. The van der Waals surface area contributed by atoms with E-state index in [-0.39, 0.29) is 6.03 Å². The van der Waals surface area contributed by atoms with Crippen molar-refractivity contribution in [2.24, 2.45) is 0 Å². The van der Waals surface area contributed by atoms with Gasteiger partial charge in [-0.2, -0.15) is 0 Å². The number of urea groups is 1. The van der Waals surface area contributed by atoms with Crippen LogP contribution in [0, 0.1) is 0 Å². The molecule has 1 aromatic carbocycles. The second-order valence-electron chi connectivity index (χ2n) is 7.41. The third kappa shape index (κ3) is 3.37. The van der Waals surface area contributed by atoms with Crippen LogP contribution < -0.4 is 10.6 Å². The molecule has 124 valence electrons. The number of nitrogens with zero attached hydrogens (tertiary/aromatic N) is 1. The van der Waals surface area contributed by atoms with Crippen LogP contribution in [0.15, 0.2) is 24.3 Å². The Balaban J connectivity index is 1.31. The van der Waals surface area contributed by atoms with Gasteiger partial charge in [0, 0.05) is 24.3 Å². The Labute approximate surface area is 138 Å². The standard InChI is InChI=1S/C19H27N3O/c23-19(21-17-9-11-22-10-3-8-18(22)13-17)20-16-7-2-6-15(12-16)14-4-1-5-14/h2,6-7,12,14,17-18H,1,3-5,8-11,13H2,(H2,20,21,23). The lowest BCUT2D eigenvalue weighted by Gasteiger charge is -2.35. The molecule has 2 aliphatic heterocycles. The third-order valence-corrected chi connectivity index (χ3v) is 5.88. The van der Waals surface area contributed by atoms with Gasteiger partial charge < -0.3 is 15.5 Å². The normalized spacial score (nSPS) is 28.0. The fourth-order valence-corrected chi connectivity index (χ4v) is 4.32. The quantitative estimate of drug-likeness (QED) is 0.893. The molecule has 23 heavy (non-hydrogen) atoms. The first-order valence-corrected chi connectivity index (χ1v) is 9.19. The van der Waals surface area contributed by atoms with Crippen molar-refractivity contribution in [2.45, 2.75) is 62.9 Å². The predicted molar refractivity (Wildman–Crippen MR) is 92.8 cm³/mol. The number of anilines is 1. The second-order valence-corrected chi connectivity index (χ2v) is 7.41. The van der Waals surface area contributed by atoms with Gasteiger partial charge in [0.1, 0.15) is 0 Å². The maximum Gasteiger partial charge on any atom is 0.319 e. The summed E-state index contributed by atoms with van der Waals surface area (Å²) in [6.45, 7) is 2.38. The van der Waals surface area contributed by atoms with Crippen molar-refractivity contribution in [3.63, 3.8) is 0 Å². The highest BCUT2D eigenvalue weighted by Gasteiger charge is 2.32.